The topological polar surface area (TPSA) is 65.8 Å². The SMILES string of the molecule is N#CC1(NC(=O)c2ccc(Cl)nc2)CCCCC1. The van der Waals surface area contributed by atoms with Crippen molar-refractivity contribution in [3.63, 3.8) is 0 Å². The van der Waals surface area contributed by atoms with Crippen LogP contribution in [0.25, 0.3) is 0 Å². The molecule has 0 radical (unpaired) electrons. The molecule has 1 fully saturated rings. The molecule has 1 aromatic rings. The molecule has 0 unspecified atom stereocenters. The fourth-order valence-corrected chi connectivity index (χ4v) is 2.33. The Morgan fingerprint density at radius 2 is 2.11 bits per heavy atom. The molecule has 4 nitrogen and oxygen atoms in total. The van der Waals surface area contributed by atoms with Crippen LogP contribution < -0.4 is 5.32 Å². The zero-order valence-electron chi connectivity index (χ0n) is 9.95. The maximum atomic E-state index is 12.0. The van der Waals surface area contributed by atoms with E-state index < -0.39 is 5.54 Å². The fraction of sp³-hybridized carbons (Fsp3) is 0.462. The lowest BCUT2D eigenvalue weighted by Gasteiger charge is -2.31. The third kappa shape index (κ3) is 2.80. The molecule has 94 valence electrons. The Morgan fingerprint density at radius 3 is 2.67 bits per heavy atom. The summed E-state index contributed by atoms with van der Waals surface area (Å²) in [6, 6.07) is 5.43. The minimum absolute atomic E-state index is 0.261. The summed E-state index contributed by atoms with van der Waals surface area (Å²) in [4.78, 5) is 15.9. The van der Waals surface area contributed by atoms with Crippen LogP contribution in [0.4, 0.5) is 0 Å². The van der Waals surface area contributed by atoms with E-state index in [9.17, 15) is 10.1 Å². The van der Waals surface area contributed by atoms with Gasteiger partial charge in [-0.3, -0.25) is 4.79 Å². The summed E-state index contributed by atoms with van der Waals surface area (Å²) in [6.07, 6.45) is 5.94. The van der Waals surface area contributed by atoms with Gasteiger partial charge in [0.15, 0.2) is 0 Å². The molecule has 1 aliphatic rings. The van der Waals surface area contributed by atoms with Crippen LogP contribution in [0.15, 0.2) is 18.3 Å². The van der Waals surface area contributed by atoms with Gasteiger partial charge in [0, 0.05) is 6.20 Å². The van der Waals surface area contributed by atoms with E-state index in [1.807, 2.05) is 0 Å². The fourth-order valence-electron chi connectivity index (χ4n) is 2.22. The number of carbonyl (C=O) groups is 1. The third-order valence-electron chi connectivity index (χ3n) is 3.26. The van der Waals surface area contributed by atoms with Gasteiger partial charge >= 0.3 is 0 Å². The van der Waals surface area contributed by atoms with Gasteiger partial charge in [-0.1, -0.05) is 30.9 Å². The molecule has 2 rings (SSSR count). The second-order valence-electron chi connectivity index (χ2n) is 4.58. The van der Waals surface area contributed by atoms with Crippen LogP contribution in [0.2, 0.25) is 5.15 Å². The third-order valence-corrected chi connectivity index (χ3v) is 3.49. The molecule has 0 saturated heterocycles. The van der Waals surface area contributed by atoms with Gasteiger partial charge in [-0.25, -0.2) is 4.98 Å². The first kappa shape index (κ1) is 12.8. The molecule has 0 bridgehead atoms. The number of halogens is 1. The Kier molecular flexibility index (Phi) is 3.83. The van der Waals surface area contributed by atoms with E-state index in [0.717, 1.165) is 32.1 Å². The molecule has 5 heteroatoms. The number of nitrogens with one attached hydrogen (secondary N) is 1. The van der Waals surface area contributed by atoms with E-state index in [-0.39, 0.29) is 5.91 Å². The molecule has 0 atom stereocenters. The molecule has 0 spiro atoms. The maximum absolute atomic E-state index is 12.0. The van der Waals surface area contributed by atoms with E-state index in [1.165, 1.54) is 6.20 Å². The number of pyridine rings is 1. The minimum atomic E-state index is -0.713. The molecule has 0 aliphatic heterocycles. The summed E-state index contributed by atoms with van der Waals surface area (Å²) < 4.78 is 0. The van der Waals surface area contributed by atoms with Crippen LogP contribution in [0.3, 0.4) is 0 Å². The second kappa shape index (κ2) is 5.36. The zero-order chi connectivity index (χ0) is 13.0. The summed E-state index contributed by atoms with van der Waals surface area (Å²) >= 11 is 5.67. The summed E-state index contributed by atoms with van der Waals surface area (Å²) in [5.41, 5.74) is -0.283. The van der Waals surface area contributed by atoms with Crippen LogP contribution in [0.5, 0.6) is 0 Å². The maximum Gasteiger partial charge on any atom is 0.254 e. The van der Waals surface area contributed by atoms with Crippen molar-refractivity contribution in [2.24, 2.45) is 0 Å². The van der Waals surface area contributed by atoms with Gasteiger partial charge in [0.2, 0.25) is 0 Å². The normalized spacial score (nSPS) is 17.8. The zero-order valence-corrected chi connectivity index (χ0v) is 10.7. The highest BCUT2D eigenvalue weighted by Crippen LogP contribution is 2.27. The molecule has 1 saturated carbocycles. The first-order valence-electron chi connectivity index (χ1n) is 6.00. The van der Waals surface area contributed by atoms with Gasteiger partial charge in [-0.15, -0.1) is 0 Å². The lowest BCUT2D eigenvalue weighted by Crippen LogP contribution is -2.48. The van der Waals surface area contributed by atoms with Crippen molar-refractivity contribution in [1.82, 2.24) is 10.3 Å². The summed E-state index contributed by atoms with van der Waals surface area (Å²) in [5.74, 6) is -0.261. The monoisotopic (exact) mass is 263 g/mol. The highest BCUT2D eigenvalue weighted by Gasteiger charge is 2.33. The highest BCUT2D eigenvalue weighted by atomic mass is 35.5. The van der Waals surface area contributed by atoms with Crippen LogP contribution >= 0.6 is 11.6 Å². The molecule has 0 aromatic carbocycles. The van der Waals surface area contributed by atoms with Crippen molar-refractivity contribution in [2.75, 3.05) is 0 Å². The minimum Gasteiger partial charge on any atom is -0.334 e. The van der Waals surface area contributed by atoms with Gasteiger partial charge in [0.25, 0.3) is 5.91 Å². The lowest BCUT2D eigenvalue weighted by atomic mass is 9.82. The molecule has 1 aliphatic carbocycles. The number of hydrogen-bond donors (Lipinski definition) is 1. The second-order valence-corrected chi connectivity index (χ2v) is 4.97. The number of hydrogen-bond acceptors (Lipinski definition) is 3. The molecular formula is C13H14ClN3O. The largest absolute Gasteiger partial charge is 0.334 e. The number of nitrogens with zero attached hydrogens (tertiary/aromatic N) is 2. The number of carbonyl (C=O) groups excluding carboxylic acids is 1. The van der Waals surface area contributed by atoms with Crippen molar-refractivity contribution >= 4 is 17.5 Å². The van der Waals surface area contributed by atoms with E-state index in [0.29, 0.717) is 10.7 Å². The van der Waals surface area contributed by atoms with Crippen molar-refractivity contribution < 1.29 is 4.79 Å². The van der Waals surface area contributed by atoms with E-state index in [2.05, 4.69) is 16.4 Å². The van der Waals surface area contributed by atoms with Gasteiger partial charge in [0.1, 0.15) is 10.7 Å². The lowest BCUT2D eigenvalue weighted by molar-refractivity contribution is 0.0902. The molecule has 1 amide bonds. The van der Waals surface area contributed by atoms with Crippen LogP contribution in [0, 0.1) is 11.3 Å². The molecular weight excluding hydrogens is 250 g/mol. The van der Waals surface area contributed by atoms with Gasteiger partial charge in [0.05, 0.1) is 11.6 Å². The Hall–Kier alpha value is -1.60. The quantitative estimate of drug-likeness (QED) is 0.835. The average molecular weight is 264 g/mol. The van der Waals surface area contributed by atoms with Crippen LogP contribution in [-0.4, -0.2) is 16.4 Å². The highest BCUT2D eigenvalue weighted by molar-refractivity contribution is 6.29. The van der Waals surface area contributed by atoms with Crippen molar-refractivity contribution in [1.29, 1.82) is 5.26 Å². The average Bonchev–Trinajstić information content (AvgIpc) is 2.40. The van der Waals surface area contributed by atoms with Crippen molar-refractivity contribution in [3.8, 4) is 6.07 Å². The Labute approximate surface area is 111 Å². The van der Waals surface area contributed by atoms with Gasteiger partial charge < -0.3 is 5.32 Å². The Balaban J connectivity index is 2.10. The Morgan fingerprint density at radius 1 is 1.39 bits per heavy atom. The number of nitriles is 1. The van der Waals surface area contributed by atoms with Crippen LogP contribution in [0.1, 0.15) is 42.5 Å². The molecule has 1 N–H and O–H groups in total. The molecule has 1 aromatic heterocycles. The summed E-state index contributed by atoms with van der Waals surface area (Å²) in [6.45, 7) is 0. The number of aromatic nitrogens is 1. The van der Waals surface area contributed by atoms with Crippen molar-refractivity contribution in [2.45, 2.75) is 37.6 Å². The number of amides is 1. The number of rotatable bonds is 2. The smallest absolute Gasteiger partial charge is 0.254 e. The predicted octanol–water partition coefficient (Wildman–Crippen LogP) is 2.69. The Bertz CT molecular complexity index is 472. The first-order valence-corrected chi connectivity index (χ1v) is 6.38. The van der Waals surface area contributed by atoms with E-state index in [1.54, 1.807) is 12.1 Å². The summed E-state index contributed by atoms with van der Waals surface area (Å²) in [7, 11) is 0. The predicted molar refractivity (Wildman–Crippen MR) is 68.1 cm³/mol. The first-order chi connectivity index (χ1) is 8.65. The summed E-state index contributed by atoms with van der Waals surface area (Å²) in [5, 5.41) is 12.5. The van der Waals surface area contributed by atoms with Gasteiger partial charge in [-0.2, -0.15) is 5.26 Å². The van der Waals surface area contributed by atoms with Gasteiger partial charge in [-0.05, 0) is 25.0 Å². The standard InChI is InChI=1S/C13H14ClN3O/c14-11-5-4-10(8-16-11)12(18)17-13(9-15)6-2-1-3-7-13/h4-5,8H,1-3,6-7H2,(H,17,18). The van der Waals surface area contributed by atoms with Crippen molar-refractivity contribution in [3.05, 3.63) is 29.0 Å². The van der Waals surface area contributed by atoms with E-state index in [4.69, 9.17) is 11.6 Å². The molecule has 18 heavy (non-hydrogen) atoms. The van der Waals surface area contributed by atoms with E-state index >= 15 is 0 Å². The van der Waals surface area contributed by atoms with Crippen LogP contribution in [-0.2, 0) is 0 Å². The molecule has 1 heterocycles.